The van der Waals surface area contributed by atoms with Gasteiger partial charge >= 0.3 is 5.97 Å². The fourth-order valence-corrected chi connectivity index (χ4v) is 4.37. The Morgan fingerprint density at radius 3 is 2.20 bits per heavy atom. The van der Waals surface area contributed by atoms with Crippen LogP contribution in [0.3, 0.4) is 0 Å². The smallest absolute Gasteiger partial charge is 0.347 e. The van der Waals surface area contributed by atoms with Gasteiger partial charge in [0.05, 0.1) is 0 Å². The molecule has 1 aromatic heterocycles. The molecule has 3 rings (SSSR count). The van der Waals surface area contributed by atoms with Crippen LogP contribution in [0, 0.1) is 0 Å². The molecule has 6 heteroatoms. The number of hydrogen-bond donors (Lipinski definition) is 0. The highest BCUT2D eigenvalue weighted by Crippen LogP contribution is 2.24. The summed E-state index contributed by atoms with van der Waals surface area (Å²) in [4.78, 5) is 21.3. The average Bonchev–Trinajstić information content (AvgIpc) is 2.90. The highest BCUT2D eigenvalue weighted by Gasteiger charge is 2.16. The van der Waals surface area contributed by atoms with E-state index in [1.165, 1.54) is 44.9 Å². The number of benzene rings is 2. The molecule has 5 nitrogen and oxygen atoms in total. The van der Waals surface area contributed by atoms with Crippen LogP contribution in [0.15, 0.2) is 72.1 Å². The number of rotatable bonds is 15. The summed E-state index contributed by atoms with van der Waals surface area (Å²) in [5, 5.41) is 0.822. The number of esters is 1. The van der Waals surface area contributed by atoms with E-state index in [-0.39, 0.29) is 6.61 Å². The van der Waals surface area contributed by atoms with Gasteiger partial charge in [0.2, 0.25) is 0 Å². The molecule has 0 saturated carbocycles. The molecule has 0 aliphatic carbocycles. The molecule has 0 amide bonds. The number of carbonyl (C=O) groups is 1. The molecule has 35 heavy (non-hydrogen) atoms. The second-order valence-electron chi connectivity index (χ2n) is 8.60. The summed E-state index contributed by atoms with van der Waals surface area (Å²) in [7, 11) is 0. The zero-order valence-electron chi connectivity index (χ0n) is 20.8. The lowest BCUT2D eigenvalue weighted by Crippen LogP contribution is -2.26. The van der Waals surface area contributed by atoms with E-state index in [9.17, 15) is 4.79 Å². The van der Waals surface area contributed by atoms with Crippen molar-refractivity contribution in [2.75, 3.05) is 5.75 Å². The number of carbonyl (C=O) groups excluding carboxylic acids is 1. The van der Waals surface area contributed by atoms with Crippen LogP contribution in [0.5, 0.6) is 5.75 Å². The molecular weight excluding hydrogens is 456 g/mol. The van der Waals surface area contributed by atoms with Crippen molar-refractivity contribution in [3.05, 3.63) is 72.6 Å². The summed E-state index contributed by atoms with van der Waals surface area (Å²) >= 11 is 1.72. The Kier molecular flexibility index (Phi) is 11.6. The Labute approximate surface area is 213 Å². The number of ether oxygens (including phenoxy) is 2. The van der Waals surface area contributed by atoms with Crippen LogP contribution in [0.2, 0.25) is 0 Å². The minimum absolute atomic E-state index is 0.236. The Bertz CT molecular complexity index is 995. The second-order valence-corrected chi connectivity index (χ2v) is 9.66. The largest absolute Gasteiger partial charge is 0.479 e. The first-order chi connectivity index (χ1) is 17.2. The van der Waals surface area contributed by atoms with Crippen molar-refractivity contribution in [2.45, 2.75) is 76.7 Å². The molecule has 2 aromatic carbocycles. The highest BCUT2D eigenvalue weighted by atomic mass is 32.2. The van der Waals surface area contributed by atoms with Crippen LogP contribution < -0.4 is 4.74 Å². The van der Waals surface area contributed by atoms with E-state index in [2.05, 4.69) is 16.9 Å². The van der Waals surface area contributed by atoms with Gasteiger partial charge in [-0.1, -0.05) is 99.7 Å². The SMILES string of the molecule is CCCCCCCCCSc1ncc(-c2ccc(O[C@H](C)C(=O)OCc3ccccc3)cc2)cn1. The minimum atomic E-state index is -0.694. The van der Waals surface area contributed by atoms with Gasteiger partial charge in [-0.25, -0.2) is 14.8 Å². The van der Waals surface area contributed by atoms with Gasteiger partial charge < -0.3 is 9.47 Å². The lowest BCUT2D eigenvalue weighted by atomic mass is 10.1. The van der Waals surface area contributed by atoms with Crippen LogP contribution in [-0.2, 0) is 16.1 Å². The lowest BCUT2D eigenvalue weighted by molar-refractivity contribution is -0.152. The molecule has 0 fully saturated rings. The van der Waals surface area contributed by atoms with E-state index in [0.717, 1.165) is 27.6 Å². The molecule has 0 aliphatic heterocycles. The maximum Gasteiger partial charge on any atom is 0.347 e. The van der Waals surface area contributed by atoms with Crippen molar-refractivity contribution >= 4 is 17.7 Å². The summed E-state index contributed by atoms with van der Waals surface area (Å²) in [6, 6.07) is 17.2. The van der Waals surface area contributed by atoms with Gasteiger partial charge in [0, 0.05) is 23.7 Å². The first-order valence-electron chi connectivity index (χ1n) is 12.6. The molecule has 186 valence electrons. The number of nitrogens with zero attached hydrogens (tertiary/aromatic N) is 2. The first-order valence-corrected chi connectivity index (χ1v) is 13.6. The summed E-state index contributed by atoms with van der Waals surface area (Å²) < 4.78 is 11.1. The van der Waals surface area contributed by atoms with Crippen molar-refractivity contribution in [3.63, 3.8) is 0 Å². The third-order valence-electron chi connectivity index (χ3n) is 5.66. The van der Waals surface area contributed by atoms with Crippen molar-refractivity contribution in [1.82, 2.24) is 9.97 Å². The van der Waals surface area contributed by atoms with Gasteiger partial charge in [-0.05, 0) is 36.6 Å². The van der Waals surface area contributed by atoms with Crippen LogP contribution in [0.1, 0.15) is 64.4 Å². The molecular formula is C29H36N2O3S. The van der Waals surface area contributed by atoms with Crippen LogP contribution >= 0.6 is 11.8 Å². The molecule has 0 aliphatic rings. The van der Waals surface area contributed by atoms with E-state index >= 15 is 0 Å². The predicted octanol–water partition coefficient (Wildman–Crippen LogP) is 7.50. The quantitative estimate of drug-likeness (QED) is 0.0947. The molecule has 0 saturated heterocycles. The molecule has 0 spiro atoms. The molecule has 0 radical (unpaired) electrons. The van der Waals surface area contributed by atoms with Crippen molar-refractivity contribution in [1.29, 1.82) is 0 Å². The molecule has 0 unspecified atom stereocenters. The fourth-order valence-electron chi connectivity index (χ4n) is 3.59. The number of hydrogen-bond acceptors (Lipinski definition) is 6. The predicted molar refractivity (Wildman–Crippen MR) is 143 cm³/mol. The Morgan fingerprint density at radius 2 is 1.51 bits per heavy atom. The Balaban J connectivity index is 1.39. The summed E-state index contributed by atoms with van der Waals surface area (Å²) in [6.45, 7) is 4.18. The Morgan fingerprint density at radius 1 is 0.857 bits per heavy atom. The zero-order chi connectivity index (χ0) is 24.7. The van der Waals surface area contributed by atoms with Crippen molar-refractivity contribution < 1.29 is 14.3 Å². The normalized spacial score (nSPS) is 11.7. The summed E-state index contributed by atoms with van der Waals surface area (Å²) in [5.74, 6) is 1.28. The topological polar surface area (TPSA) is 61.3 Å². The van der Waals surface area contributed by atoms with Crippen molar-refractivity contribution in [3.8, 4) is 16.9 Å². The van der Waals surface area contributed by atoms with E-state index in [1.807, 2.05) is 67.0 Å². The van der Waals surface area contributed by atoms with Gasteiger partial charge in [0.1, 0.15) is 12.4 Å². The molecule has 0 bridgehead atoms. The van der Waals surface area contributed by atoms with Gasteiger partial charge in [0.15, 0.2) is 11.3 Å². The van der Waals surface area contributed by atoms with Crippen molar-refractivity contribution in [2.24, 2.45) is 0 Å². The maximum absolute atomic E-state index is 12.2. The molecule has 3 aromatic rings. The summed E-state index contributed by atoms with van der Waals surface area (Å²) in [6.07, 6.45) is 12.2. The highest BCUT2D eigenvalue weighted by molar-refractivity contribution is 7.99. The molecule has 0 N–H and O–H groups in total. The summed E-state index contributed by atoms with van der Waals surface area (Å²) in [5.41, 5.74) is 2.90. The molecule has 1 atom stereocenters. The standard InChI is InChI=1S/C29H36N2O3S/c1-3-4-5-6-7-8-12-19-35-29-30-20-26(21-31-29)25-15-17-27(18-16-25)34-23(2)28(32)33-22-24-13-10-9-11-14-24/h9-11,13-18,20-21,23H,3-8,12,19,22H2,1-2H3/t23-/m1/s1. The fraction of sp³-hybridized carbons (Fsp3) is 0.414. The van der Waals surface area contributed by atoms with Crippen LogP contribution in [0.4, 0.5) is 0 Å². The third kappa shape index (κ3) is 9.73. The van der Waals surface area contributed by atoms with E-state index < -0.39 is 12.1 Å². The molecule has 1 heterocycles. The van der Waals surface area contributed by atoms with E-state index in [1.54, 1.807) is 18.7 Å². The van der Waals surface area contributed by atoms with E-state index in [0.29, 0.717) is 5.75 Å². The number of aromatic nitrogens is 2. The number of thioether (sulfide) groups is 1. The third-order valence-corrected chi connectivity index (χ3v) is 6.63. The van der Waals surface area contributed by atoms with Crippen LogP contribution in [-0.4, -0.2) is 27.8 Å². The maximum atomic E-state index is 12.2. The average molecular weight is 493 g/mol. The number of unbranched alkanes of at least 4 members (excludes halogenated alkanes) is 6. The monoisotopic (exact) mass is 492 g/mol. The van der Waals surface area contributed by atoms with Gasteiger partial charge in [-0.2, -0.15) is 0 Å². The first kappa shape index (κ1) is 26.7. The lowest BCUT2D eigenvalue weighted by Gasteiger charge is -2.14. The minimum Gasteiger partial charge on any atom is -0.479 e. The Hall–Kier alpha value is -2.86. The van der Waals surface area contributed by atoms with Gasteiger partial charge in [-0.15, -0.1) is 0 Å². The second kappa shape index (κ2) is 15.2. The van der Waals surface area contributed by atoms with Gasteiger partial charge in [0.25, 0.3) is 0 Å². The van der Waals surface area contributed by atoms with Crippen LogP contribution in [0.25, 0.3) is 11.1 Å². The van der Waals surface area contributed by atoms with E-state index in [4.69, 9.17) is 9.47 Å². The van der Waals surface area contributed by atoms with Gasteiger partial charge in [-0.3, -0.25) is 0 Å². The zero-order valence-corrected chi connectivity index (χ0v) is 21.6.